The van der Waals surface area contributed by atoms with Gasteiger partial charge in [0, 0.05) is 37.7 Å². The highest BCUT2D eigenvalue weighted by Crippen LogP contribution is 2.28. The highest BCUT2D eigenvalue weighted by atomic mass is 35.5. The molecule has 0 atom stereocenters. The topological polar surface area (TPSA) is 24.9 Å². The molecular formula is C20H25ClN2O2. The first-order valence-corrected chi connectivity index (χ1v) is 9.21. The predicted molar refractivity (Wildman–Crippen MR) is 103 cm³/mol. The van der Waals surface area contributed by atoms with Gasteiger partial charge in [0.1, 0.15) is 18.1 Å². The quantitative estimate of drug-likeness (QED) is 0.746. The second-order valence-corrected chi connectivity index (χ2v) is 6.47. The molecule has 5 heteroatoms. The third-order valence-electron chi connectivity index (χ3n) is 4.37. The highest BCUT2D eigenvalue weighted by molar-refractivity contribution is 6.30. The number of benzene rings is 2. The van der Waals surface area contributed by atoms with Gasteiger partial charge in [-0.25, -0.2) is 0 Å². The molecule has 0 bridgehead atoms. The number of rotatable bonds is 7. The van der Waals surface area contributed by atoms with Crippen molar-refractivity contribution in [1.29, 1.82) is 0 Å². The van der Waals surface area contributed by atoms with Crippen LogP contribution in [0.4, 0.5) is 5.69 Å². The summed E-state index contributed by atoms with van der Waals surface area (Å²) >= 11 is 5.89. The van der Waals surface area contributed by atoms with Gasteiger partial charge in [-0.1, -0.05) is 23.7 Å². The van der Waals surface area contributed by atoms with Gasteiger partial charge in [-0.2, -0.15) is 0 Å². The maximum Gasteiger partial charge on any atom is 0.142 e. The normalized spacial score (nSPS) is 15.2. The van der Waals surface area contributed by atoms with E-state index >= 15 is 0 Å². The average molecular weight is 361 g/mol. The first-order valence-electron chi connectivity index (χ1n) is 8.84. The summed E-state index contributed by atoms with van der Waals surface area (Å²) in [6.45, 7) is 8.42. The van der Waals surface area contributed by atoms with Gasteiger partial charge in [-0.3, -0.25) is 4.90 Å². The lowest BCUT2D eigenvalue weighted by Gasteiger charge is -2.36. The van der Waals surface area contributed by atoms with Crippen LogP contribution in [0, 0.1) is 0 Å². The van der Waals surface area contributed by atoms with Gasteiger partial charge in [-0.15, -0.1) is 0 Å². The van der Waals surface area contributed by atoms with E-state index in [-0.39, 0.29) is 0 Å². The highest BCUT2D eigenvalue weighted by Gasteiger charge is 2.19. The molecular weight excluding hydrogens is 336 g/mol. The molecule has 1 aliphatic heterocycles. The number of halogens is 1. The lowest BCUT2D eigenvalue weighted by Crippen LogP contribution is -2.47. The molecule has 1 aliphatic rings. The maximum absolute atomic E-state index is 5.89. The van der Waals surface area contributed by atoms with Crippen molar-refractivity contribution in [3.05, 3.63) is 53.6 Å². The Morgan fingerprint density at radius 2 is 1.64 bits per heavy atom. The van der Waals surface area contributed by atoms with Crippen LogP contribution in [0.2, 0.25) is 5.02 Å². The SMILES string of the molecule is CCOc1ccccc1N1CCN(CCOc2ccc(Cl)cc2)CC1. The monoisotopic (exact) mass is 360 g/mol. The van der Waals surface area contributed by atoms with E-state index in [9.17, 15) is 0 Å². The van der Waals surface area contributed by atoms with Crippen LogP contribution in [0.15, 0.2) is 48.5 Å². The molecule has 0 amide bonds. The minimum absolute atomic E-state index is 0.692. The molecule has 0 aromatic heterocycles. The Kier molecular flexibility index (Phi) is 6.42. The number of para-hydroxylation sites is 2. The zero-order valence-corrected chi connectivity index (χ0v) is 15.4. The van der Waals surface area contributed by atoms with Gasteiger partial charge >= 0.3 is 0 Å². The summed E-state index contributed by atoms with van der Waals surface area (Å²) in [5, 5.41) is 0.732. The first-order chi connectivity index (χ1) is 12.3. The zero-order chi connectivity index (χ0) is 17.5. The van der Waals surface area contributed by atoms with Gasteiger partial charge in [0.2, 0.25) is 0 Å². The molecule has 25 heavy (non-hydrogen) atoms. The summed E-state index contributed by atoms with van der Waals surface area (Å²) in [6, 6.07) is 15.8. The molecule has 0 aliphatic carbocycles. The molecule has 1 saturated heterocycles. The second kappa shape index (κ2) is 8.97. The van der Waals surface area contributed by atoms with Crippen molar-refractivity contribution < 1.29 is 9.47 Å². The van der Waals surface area contributed by atoms with Crippen molar-refractivity contribution in [1.82, 2.24) is 4.90 Å². The fourth-order valence-electron chi connectivity index (χ4n) is 3.03. The van der Waals surface area contributed by atoms with Crippen LogP contribution in [0.5, 0.6) is 11.5 Å². The maximum atomic E-state index is 5.89. The van der Waals surface area contributed by atoms with Crippen molar-refractivity contribution >= 4 is 17.3 Å². The van der Waals surface area contributed by atoms with Gasteiger partial charge in [-0.05, 0) is 43.3 Å². The van der Waals surface area contributed by atoms with E-state index in [1.807, 2.05) is 43.3 Å². The number of hydrogen-bond donors (Lipinski definition) is 0. The smallest absolute Gasteiger partial charge is 0.142 e. The molecule has 0 spiro atoms. The Bertz CT molecular complexity index is 655. The minimum atomic E-state index is 0.692. The number of ether oxygens (including phenoxy) is 2. The zero-order valence-electron chi connectivity index (χ0n) is 14.7. The van der Waals surface area contributed by atoms with E-state index in [0.717, 1.165) is 49.2 Å². The number of hydrogen-bond acceptors (Lipinski definition) is 4. The summed E-state index contributed by atoms with van der Waals surface area (Å²) in [5.74, 6) is 1.85. The standard InChI is InChI=1S/C20H25ClN2O2/c1-2-24-20-6-4-3-5-19(20)23-13-11-22(12-14-23)15-16-25-18-9-7-17(21)8-10-18/h3-10H,2,11-16H2,1H3. The molecule has 1 fully saturated rings. The van der Waals surface area contributed by atoms with E-state index in [1.54, 1.807) is 0 Å². The summed E-state index contributed by atoms with van der Waals surface area (Å²) in [4.78, 5) is 4.84. The molecule has 2 aromatic rings. The third-order valence-corrected chi connectivity index (χ3v) is 4.62. The van der Waals surface area contributed by atoms with Crippen molar-refractivity contribution in [2.24, 2.45) is 0 Å². The summed E-state index contributed by atoms with van der Waals surface area (Å²) in [6.07, 6.45) is 0. The molecule has 1 heterocycles. The largest absolute Gasteiger partial charge is 0.492 e. The van der Waals surface area contributed by atoms with E-state index in [0.29, 0.717) is 13.2 Å². The molecule has 4 nitrogen and oxygen atoms in total. The van der Waals surface area contributed by atoms with Crippen LogP contribution < -0.4 is 14.4 Å². The summed E-state index contributed by atoms with van der Waals surface area (Å²) < 4.78 is 11.5. The fourth-order valence-corrected chi connectivity index (χ4v) is 3.16. The van der Waals surface area contributed by atoms with E-state index in [4.69, 9.17) is 21.1 Å². The molecule has 134 valence electrons. The first kappa shape index (κ1) is 17.9. The van der Waals surface area contributed by atoms with Gasteiger partial charge in [0.15, 0.2) is 0 Å². The van der Waals surface area contributed by atoms with E-state index in [1.165, 1.54) is 5.69 Å². The van der Waals surface area contributed by atoms with Gasteiger partial charge in [0.25, 0.3) is 0 Å². The minimum Gasteiger partial charge on any atom is -0.492 e. The third kappa shape index (κ3) is 5.03. The Morgan fingerprint density at radius 1 is 0.920 bits per heavy atom. The molecule has 0 radical (unpaired) electrons. The van der Waals surface area contributed by atoms with Gasteiger partial charge < -0.3 is 14.4 Å². The molecule has 0 N–H and O–H groups in total. The number of anilines is 1. The van der Waals surface area contributed by atoms with E-state index in [2.05, 4.69) is 21.9 Å². The Morgan fingerprint density at radius 3 is 2.36 bits per heavy atom. The average Bonchev–Trinajstić information content (AvgIpc) is 2.65. The lowest BCUT2D eigenvalue weighted by molar-refractivity contribution is 0.200. The van der Waals surface area contributed by atoms with E-state index < -0.39 is 0 Å². The predicted octanol–water partition coefficient (Wildman–Crippen LogP) is 3.94. The number of nitrogens with zero attached hydrogens (tertiary/aromatic N) is 2. The van der Waals surface area contributed by atoms with Crippen LogP contribution >= 0.6 is 11.6 Å². The van der Waals surface area contributed by atoms with Crippen LogP contribution in [-0.2, 0) is 0 Å². The van der Waals surface area contributed by atoms with Crippen LogP contribution in [0.1, 0.15) is 6.92 Å². The molecule has 3 rings (SSSR count). The van der Waals surface area contributed by atoms with Crippen LogP contribution in [0.25, 0.3) is 0 Å². The van der Waals surface area contributed by atoms with Crippen LogP contribution in [0.3, 0.4) is 0 Å². The Hall–Kier alpha value is -1.91. The van der Waals surface area contributed by atoms with Crippen molar-refractivity contribution in [3.63, 3.8) is 0 Å². The Balaban J connectivity index is 1.45. The molecule has 0 saturated carbocycles. The van der Waals surface area contributed by atoms with Crippen LogP contribution in [-0.4, -0.2) is 50.8 Å². The molecule has 0 unspecified atom stereocenters. The number of piperazine rings is 1. The fraction of sp³-hybridized carbons (Fsp3) is 0.400. The second-order valence-electron chi connectivity index (χ2n) is 6.03. The lowest BCUT2D eigenvalue weighted by atomic mass is 10.2. The summed E-state index contributed by atoms with van der Waals surface area (Å²) in [7, 11) is 0. The van der Waals surface area contributed by atoms with Crippen molar-refractivity contribution in [2.45, 2.75) is 6.92 Å². The summed E-state index contributed by atoms with van der Waals surface area (Å²) in [5.41, 5.74) is 1.20. The van der Waals surface area contributed by atoms with Gasteiger partial charge in [0.05, 0.1) is 12.3 Å². The molecule has 2 aromatic carbocycles. The van der Waals surface area contributed by atoms with Crippen molar-refractivity contribution in [3.8, 4) is 11.5 Å². The van der Waals surface area contributed by atoms with Crippen molar-refractivity contribution in [2.75, 3.05) is 50.8 Å². The Labute approximate surface area is 154 Å².